The molecule has 25 heavy (non-hydrogen) atoms. The van der Waals surface area contributed by atoms with Crippen molar-refractivity contribution in [2.75, 3.05) is 6.54 Å². The standard InChI is InChI=1S/C18H18N2O3S2/c1-10-8-12(11(2)25-10)14(21)9-20-16(22)18(19-17(20)23)6-3-4-15-13(18)5-7-24-15/h5,7-8H,3-4,6,9H2,1-2H3,(H,19,23)/t18-/m0/s1. The predicted octanol–water partition coefficient (Wildman–Crippen LogP) is 3.39. The third kappa shape index (κ3) is 2.45. The third-order valence-corrected chi connectivity index (χ3v) is 6.93. The highest BCUT2D eigenvalue weighted by Gasteiger charge is 2.54. The van der Waals surface area contributed by atoms with Gasteiger partial charge < -0.3 is 5.32 Å². The van der Waals surface area contributed by atoms with Gasteiger partial charge in [0.25, 0.3) is 5.91 Å². The van der Waals surface area contributed by atoms with Crippen molar-refractivity contribution in [3.05, 3.63) is 43.3 Å². The Bertz CT molecular complexity index is 898. The van der Waals surface area contributed by atoms with Crippen LogP contribution in [0.2, 0.25) is 0 Å². The molecule has 130 valence electrons. The number of carbonyl (C=O) groups is 3. The molecule has 1 aliphatic carbocycles. The monoisotopic (exact) mass is 374 g/mol. The van der Waals surface area contributed by atoms with Gasteiger partial charge in [-0.05, 0) is 50.6 Å². The molecule has 0 bridgehead atoms. The van der Waals surface area contributed by atoms with E-state index in [1.165, 1.54) is 0 Å². The van der Waals surface area contributed by atoms with Gasteiger partial charge in [-0.25, -0.2) is 4.79 Å². The van der Waals surface area contributed by atoms with Crippen LogP contribution in [0, 0.1) is 13.8 Å². The van der Waals surface area contributed by atoms with Crippen molar-refractivity contribution in [2.45, 2.75) is 38.6 Å². The van der Waals surface area contributed by atoms with Gasteiger partial charge in [0.1, 0.15) is 5.54 Å². The van der Waals surface area contributed by atoms with E-state index in [2.05, 4.69) is 5.32 Å². The molecule has 0 radical (unpaired) electrons. The summed E-state index contributed by atoms with van der Waals surface area (Å²) in [6.07, 6.45) is 2.37. The summed E-state index contributed by atoms with van der Waals surface area (Å²) in [5.41, 5.74) is 0.522. The Kier molecular flexibility index (Phi) is 3.81. The average Bonchev–Trinajstić information content (AvgIpc) is 3.23. The molecule has 2 aromatic rings. The Morgan fingerprint density at radius 2 is 2.16 bits per heavy atom. The molecule has 1 spiro atoms. The maximum atomic E-state index is 13.1. The van der Waals surface area contributed by atoms with Gasteiger partial charge in [-0.1, -0.05) is 0 Å². The maximum Gasteiger partial charge on any atom is 0.325 e. The second kappa shape index (κ2) is 5.78. The number of imide groups is 1. The van der Waals surface area contributed by atoms with Crippen LogP contribution in [0.1, 0.15) is 43.4 Å². The number of urea groups is 1. The number of ketones is 1. The van der Waals surface area contributed by atoms with Crippen molar-refractivity contribution < 1.29 is 14.4 Å². The topological polar surface area (TPSA) is 66.5 Å². The van der Waals surface area contributed by atoms with E-state index in [1.807, 2.05) is 31.4 Å². The molecule has 3 amide bonds. The lowest BCUT2D eigenvalue weighted by molar-refractivity contribution is -0.131. The molecule has 1 fully saturated rings. The van der Waals surface area contributed by atoms with Crippen molar-refractivity contribution in [3.63, 3.8) is 0 Å². The van der Waals surface area contributed by atoms with Crippen molar-refractivity contribution in [1.29, 1.82) is 0 Å². The number of nitrogens with one attached hydrogen (secondary N) is 1. The van der Waals surface area contributed by atoms with Gasteiger partial charge in [0, 0.05) is 25.8 Å². The van der Waals surface area contributed by atoms with Crippen LogP contribution in [-0.4, -0.2) is 29.2 Å². The van der Waals surface area contributed by atoms with Crippen LogP contribution in [-0.2, 0) is 16.8 Å². The molecule has 0 saturated carbocycles. The zero-order valence-corrected chi connectivity index (χ0v) is 15.7. The van der Waals surface area contributed by atoms with Crippen LogP contribution in [0.3, 0.4) is 0 Å². The van der Waals surface area contributed by atoms with E-state index in [1.54, 1.807) is 22.7 Å². The predicted molar refractivity (Wildman–Crippen MR) is 97.3 cm³/mol. The summed E-state index contributed by atoms with van der Waals surface area (Å²) >= 11 is 3.17. The number of rotatable bonds is 3. The highest BCUT2D eigenvalue weighted by Crippen LogP contribution is 2.42. The van der Waals surface area contributed by atoms with Crippen molar-refractivity contribution in [2.24, 2.45) is 0 Å². The summed E-state index contributed by atoms with van der Waals surface area (Å²) in [5.74, 6) is -0.487. The number of Topliss-reactive ketones (excluding diaryl/α,β-unsaturated/α-hetero) is 1. The highest BCUT2D eigenvalue weighted by molar-refractivity contribution is 7.12. The van der Waals surface area contributed by atoms with Gasteiger partial charge in [-0.15, -0.1) is 22.7 Å². The molecule has 1 N–H and O–H groups in total. The molecule has 2 aromatic heterocycles. The first-order valence-corrected chi connectivity index (χ1v) is 9.93. The minimum Gasteiger partial charge on any atom is -0.319 e. The van der Waals surface area contributed by atoms with Gasteiger partial charge in [-0.2, -0.15) is 0 Å². The zero-order valence-electron chi connectivity index (χ0n) is 14.0. The second-order valence-corrected chi connectivity index (χ2v) is 9.05. The minimum absolute atomic E-state index is 0.191. The number of carbonyl (C=O) groups excluding carboxylic acids is 3. The normalized spacial score (nSPS) is 22.4. The summed E-state index contributed by atoms with van der Waals surface area (Å²) < 4.78 is 0. The number of fused-ring (bicyclic) bond motifs is 2. The lowest BCUT2D eigenvalue weighted by Gasteiger charge is -2.31. The molecule has 7 heteroatoms. The Morgan fingerprint density at radius 3 is 2.88 bits per heavy atom. The van der Waals surface area contributed by atoms with Crippen LogP contribution in [0.25, 0.3) is 0 Å². The zero-order chi connectivity index (χ0) is 17.8. The van der Waals surface area contributed by atoms with E-state index in [0.717, 1.165) is 37.9 Å². The lowest BCUT2D eigenvalue weighted by Crippen LogP contribution is -2.46. The number of amides is 3. The fraction of sp³-hybridized carbons (Fsp3) is 0.389. The van der Waals surface area contributed by atoms with Crippen LogP contribution >= 0.6 is 22.7 Å². The molecule has 3 heterocycles. The van der Waals surface area contributed by atoms with Gasteiger partial charge in [0.2, 0.25) is 0 Å². The molecule has 0 aromatic carbocycles. The fourth-order valence-electron chi connectivity index (χ4n) is 3.82. The number of thiophene rings is 2. The molecule has 2 aliphatic rings. The molecule has 4 rings (SSSR count). The van der Waals surface area contributed by atoms with Crippen LogP contribution in [0.5, 0.6) is 0 Å². The largest absolute Gasteiger partial charge is 0.325 e. The second-order valence-electron chi connectivity index (χ2n) is 6.59. The molecule has 1 saturated heterocycles. The molecule has 1 aliphatic heterocycles. The Labute approximate surface area is 153 Å². The SMILES string of the molecule is Cc1cc(C(=O)CN2C(=O)N[C@]3(CCCc4sccc43)C2=O)c(C)s1. The number of hydrogen-bond donors (Lipinski definition) is 1. The first-order valence-electron chi connectivity index (χ1n) is 8.23. The van der Waals surface area contributed by atoms with E-state index in [-0.39, 0.29) is 18.2 Å². The molecule has 1 atom stereocenters. The summed E-state index contributed by atoms with van der Waals surface area (Å²) in [7, 11) is 0. The average molecular weight is 374 g/mol. The molecule has 5 nitrogen and oxygen atoms in total. The summed E-state index contributed by atoms with van der Waals surface area (Å²) in [5, 5.41) is 4.84. The van der Waals surface area contributed by atoms with E-state index < -0.39 is 11.6 Å². The first-order chi connectivity index (χ1) is 11.9. The summed E-state index contributed by atoms with van der Waals surface area (Å²) in [6, 6.07) is 3.28. The quantitative estimate of drug-likeness (QED) is 0.661. The van der Waals surface area contributed by atoms with Gasteiger partial charge >= 0.3 is 6.03 Å². The first kappa shape index (κ1) is 16.5. The van der Waals surface area contributed by atoms with Crippen molar-refractivity contribution in [3.8, 4) is 0 Å². The number of hydrogen-bond acceptors (Lipinski definition) is 5. The van der Waals surface area contributed by atoms with E-state index in [0.29, 0.717) is 12.0 Å². The summed E-state index contributed by atoms with van der Waals surface area (Å²) in [6.45, 7) is 3.62. The highest BCUT2D eigenvalue weighted by atomic mass is 32.1. The lowest BCUT2D eigenvalue weighted by atomic mass is 9.80. The molecular weight excluding hydrogens is 356 g/mol. The Hall–Kier alpha value is -1.99. The number of aryl methyl sites for hydroxylation is 3. The maximum absolute atomic E-state index is 13.1. The van der Waals surface area contributed by atoms with E-state index >= 15 is 0 Å². The molecular formula is C18H18N2O3S2. The summed E-state index contributed by atoms with van der Waals surface area (Å²) in [4.78, 5) is 42.4. The van der Waals surface area contributed by atoms with Crippen molar-refractivity contribution >= 4 is 40.4 Å². The third-order valence-electron chi connectivity index (χ3n) is 4.98. The van der Waals surface area contributed by atoms with Crippen molar-refractivity contribution in [1.82, 2.24) is 10.2 Å². The smallest absolute Gasteiger partial charge is 0.319 e. The van der Waals surface area contributed by atoms with Gasteiger partial charge in [-0.3, -0.25) is 14.5 Å². The Balaban J connectivity index is 1.63. The molecule has 0 unspecified atom stereocenters. The Morgan fingerprint density at radius 1 is 1.36 bits per heavy atom. The van der Waals surface area contributed by atoms with Crippen LogP contribution < -0.4 is 5.32 Å². The number of nitrogens with zero attached hydrogens (tertiary/aromatic N) is 1. The van der Waals surface area contributed by atoms with Gasteiger partial charge in [0.05, 0.1) is 6.54 Å². The van der Waals surface area contributed by atoms with Crippen LogP contribution in [0.15, 0.2) is 17.5 Å². The van der Waals surface area contributed by atoms with E-state index in [9.17, 15) is 14.4 Å². The fourth-order valence-corrected chi connectivity index (χ4v) is 5.76. The van der Waals surface area contributed by atoms with Crippen LogP contribution in [0.4, 0.5) is 4.79 Å². The van der Waals surface area contributed by atoms with E-state index in [4.69, 9.17) is 0 Å². The minimum atomic E-state index is -0.982. The van der Waals surface area contributed by atoms with Gasteiger partial charge in [0.15, 0.2) is 5.78 Å².